The Balaban J connectivity index is 2.07. The second-order valence-corrected chi connectivity index (χ2v) is 5.73. The van der Waals surface area contributed by atoms with Crippen molar-refractivity contribution in [2.24, 2.45) is 0 Å². The summed E-state index contributed by atoms with van der Waals surface area (Å²) in [5.74, 6) is 0. The predicted octanol–water partition coefficient (Wildman–Crippen LogP) is 4.42. The number of fused-ring (bicyclic) bond motifs is 1. The Kier molecular flexibility index (Phi) is 2.29. The van der Waals surface area contributed by atoms with Crippen LogP contribution in [0.4, 0.5) is 0 Å². The maximum absolute atomic E-state index is 2.38. The minimum Gasteiger partial charge on any atom is -0.118 e. The molecule has 1 aliphatic heterocycles. The Morgan fingerprint density at radius 1 is 1.06 bits per heavy atom. The Bertz CT molecular complexity index is 518. The number of benzene rings is 1. The van der Waals surface area contributed by atoms with Gasteiger partial charge in [0.1, 0.15) is 0 Å². The second kappa shape index (κ2) is 3.67. The van der Waals surface area contributed by atoms with Crippen LogP contribution in [0.5, 0.6) is 0 Å². The van der Waals surface area contributed by atoms with Gasteiger partial charge in [-0.25, -0.2) is 0 Å². The van der Waals surface area contributed by atoms with E-state index in [1.165, 1.54) is 27.2 Å². The van der Waals surface area contributed by atoms with E-state index < -0.39 is 0 Å². The monoisotopic (exact) mass is 226 g/mol. The van der Waals surface area contributed by atoms with E-state index in [9.17, 15) is 0 Å². The number of rotatable bonds is 1. The zero-order chi connectivity index (χ0) is 11.1. The summed E-state index contributed by atoms with van der Waals surface area (Å²) in [6.07, 6.45) is 4.70. The largest absolute Gasteiger partial charge is 0.118 e. The lowest BCUT2D eigenvalue weighted by atomic mass is 10.0. The maximum atomic E-state index is 2.38. The van der Waals surface area contributed by atoms with Crippen molar-refractivity contribution in [1.29, 1.82) is 0 Å². The topological polar surface area (TPSA) is 0 Å². The van der Waals surface area contributed by atoms with E-state index in [0.717, 1.165) is 0 Å². The molecule has 16 heavy (non-hydrogen) atoms. The Hall–Kier alpha value is -1.21. The number of hydrogen-bond donors (Lipinski definition) is 0. The highest BCUT2D eigenvalue weighted by Gasteiger charge is 2.27. The lowest BCUT2D eigenvalue weighted by molar-refractivity contribution is 1.26. The molecule has 80 valence electrons. The second-order valence-electron chi connectivity index (χ2n) is 4.34. The van der Waals surface area contributed by atoms with Crippen LogP contribution in [0.1, 0.15) is 19.4 Å². The first kappa shape index (κ1) is 9.98. The van der Waals surface area contributed by atoms with Gasteiger partial charge in [0, 0.05) is 10.2 Å². The van der Waals surface area contributed by atoms with Gasteiger partial charge in [0.2, 0.25) is 0 Å². The molecule has 0 saturated carbocycles. The van der Waals surface area contributed by atoms with Gasteiger partial charge in [-0.3, -0.25) is 0 Å². The molecule has 0 amide bonds. The predicted molar refractivity (Wildman–Crippen MR) is 72.3 cm³/mol. The fourth-order valence-electron chi connectivity index (χ4n) is 2.33. The van der Waals surface area contributed by atoms with Crippen molar-refractivity contribution in [2.45, 2.75) is 19.1 Å². The van der Waals surface area contributed by atoms with Crippen LogP contribution in [0.3, 0.4) is 0 Å². The summed E-state index contributed by atoms with van der Waals surface area (Å²) in [6.45, 7) is 4.48. The molecule has 0 saturated heterocycles. The van der Waals surface area contributed by atoms with E-state index in [-0.39, 0.29) is 0 Å². The van der Waals surface area contributed by atoms with Crippen LogP contribution < -0.4 is 0 Å². The van der Waals surface area contributed by atoms with Crippen molar-refractivity contribution in [1.82, 2.24) is 0 Å². The van der Waals surface area contributed by atoms with Gasteiger partial charge in [-0.1, -0.05) is 36.4 Å². The van der Waals surface area contributed by atoms with Crippen LogP contribution in [0.15, 0.2) is 58.5 Å². The molecule has 1 heterocycles. The van der Waals surface area contributed by atoms with Crippen LogP contribution in [0.25, 0.3) is 5.57 Å². The number of allylic oxidation sites excluding steroid dienone is 4. The van der Waals surface area contributed by atoms with E-state index in [0.29, 0.717) is 5.25 Å². The summed E-state index contributed by atoms with van der Waals surface area (Å²) in [7, 11) is 0. The van der Waals surface area contributed by atoms with Crippen molar-refractivity contribution in [3.8, 4) is 0 Å². The van der Waals surface area contributed by atoms with E-state index in [4.69, 9.17) is 0 Å². The van der Waals surface area contributed by atoms with Gasteiger partial charge < -0.3 is 0 Å². The smallest absolute Gasteiger partial charge is 0.0255 e. The Morgan fingerprint density at radius 2 is 1.81 bits per heavy atom. The molecule has 2 aliphatic rings. The van der Waals surface area contributed by atoms with Crippen LogP contribution in [0.2, 0.25) is 0 Å². The first-order valence-corrected chi connectivity index (χ1v) is 6.51. The third-order valence-electron chi connectivity index (χ3n) is 3.04. The van der Waals surface area contributed by atoms with E-state index in [2.05, 4.69) is 56.3 Å². The average molecular weight is 226 g/mol. The zero-order valence-electron chi connectivity index (χ0n) is 9.53. The lowest BCUT2D eigenvalue weighted by Crippen LogP contribution is -1.85. The first-order valence-electron chi connectivity index (χ1n) is 5.63. The van der Waals surface area contributed by atoms with E-state index >= 15 is 0 Å². The summed E-state index contributed by atoms with van der Waals surface area (Å²) < 4.78 is 0. The van der Waals surface area contributed by atoms with E-state index in [1.807, 2.05) is 11.8 Å². The van der Waals surface area contributed by atoms with E-state index in [1.54, 1.807) is 0 Å². The summed E-state index contributed by atoms with van der Waals surface area (Å²) in [5, 5.41) is 0.618. The maximum Gasteiger partial charge on any atom is 0.0255 e. The van der Waals surface area contributed by atoms with Gasteiger partial charge in [-0.2, -0.15) is 0 Å². The SMILES string of the molecule is CC1=C2SC(C)C=C2C(c2ccccc2)=C1. The molecule has 3 rings (SSSR count). The normalized spacial score (nSPS) is 23.2. The molecular formula is C15H14S. The molecule has 1 heteroatoms. The van der Waals surface area contributed by atoms with Gasteiger partial charge in [-0.15, -0.1) is 11.8 Å². The molecule has 1 atom stereocenters. The fourth-order valence-corrected chi connectivity index (χ4v) is 3.45. The van der Waals surface area contributed by atoms with Crippen molar-refractivity contribution in [3.63, 3.8) is 0 Å². The molecule has 0 nitrogen and oxygen atoms in total. The van der Waals surface area contributed by atoms with Crippen LogP contribution in [0, 0.1) is 0 Å². The molecule has 0 fully saturated rings. The number of hydrogen-bond acceptors (Lipinski definition) is 1. The van der Waals surface area contributed by atoms with Gasteiger partial charge >= 0.3 is 0 Å². The molecule has 1 aliphatic carbocycles. The Morgan fingerprint density at radius 3 is 2.56 bits per heavy atom. The quantitative estimate of drug-likeness (QED) is 0.683. The summed E-state index contributed by atoms with van der Waals surface area (Å²) in [5.41, 5.74) is 5.59. The third-order valence-corrected chi connectivity index (χ3v) is 4.33. The highest BCUT2D eigenvalue weighted by atomic mass is 32.2. The average Bonchev–Trinajstić information content (AvgIpc) is 2.80. The van der Waals surface area contributed by atoms with Crippen LogP contribution >= 0.6 is 11.8 Å². The molecular weight excluding hydrogens is 212 g/mol. The summed E-state index contributed by atoms with van der Waals surface area (Å²) in [4.78, 5) is 1.48. The first-order chi connectivity index (χ1) is 7.75. The zero-order valence-corrected chi connectivity index (χ0v) is 10.3. The molecule has 1 aromatic carbocycles. The van der Waals surface area contributed by atoms with Gasteiger partial charge in [0.15, 0.2) is 0 Å². The van der Waals surface area contributed by atoms with Crippen molar-refractivity contribution >= 4 is 17.3 Å². The molecule has 0 spiro atoms. The number of thioether (sulfide) groups is 1. The van der Waals surface area contributed by atoms with Crippen molar-refractivity contribution in [3.05, 3.63) is 64.1 Å². The molecule has 1 unspecified atom stereocenters. The van der Waals surface area contributed by atoms with Crippen molar-refractivity contribution in [2.75, 3.05) is 0 Å². The minimum absolute atomic E-state index is 0.618. The van der Waals surface area contributed by atoms with Crippen LogP contribution in [-0.4, -0.2) is 5.25 Å². The van der Waals surface area contributed by atoms with Crippen molar-refractivity contribution < 1.29 is 0 Å². The van der Waals surface area contributed by atoms with Gasteiger partial charge in [0.25, 0.3) is 0 Å². The summed E-state index contributed by atoms with van der Waals surface area (Å²) in [6, 6.07) is 10.7. The highest BCUT2D eigenvalue weighted by Crippen LogP contribution is 2.49. The highest BCUT2D eigenvalue weighted by molar-refractivity contribution is 8.04. The molecule has 0 aromatic heterocycles. The fraction of sp³-hybridized carbons (Fsp3) is 0.200. The Labute approximate surface area is 101 Å². The molecule has 0 N–H and O–H groups in total. The van der Waals surface area contributed by atoms with Gasteiger partial charge in [-0.05, 0) is 42.2 Å². The minimum atomic E-state index is 0.618. The standard InChI is InChI=1S/C15H14S/c1-10-8-13(12-6-4-3-5-7-12)14-9-11(2)16-15(10)14/h3-9,11H,1-2H3. The molecule has 0 radical (unpaired) electrons. The summed E-state index contributed by atoms with van der Waals surface area (Å²) >= 11 is 1.98. The molecule has 1 aromatic rings. The third kappa shape index (κ3) is 1.47. The molecule has 0 bridgehead atoms. The lowest BCUT2D eigenvalue weighted by Gasteiger charge is -2.04. The van der Waals surface area contributed by atoms with Crippen LogP contribution in [-0.2, 0) is 0 Å². The van der Waals surface area contributed by atoms with Gasteiger partial charge in [0.05, 0.1) is 0 Å².